The summed E-state index contributed by atoms with van der Waals surface area (Å²) in [6.07, 6.45) is 6.20. The highest BCUT2D eigenvalue weighted by molar-refractivity contribution is 5.33. The first-order chi connectivity index (χ1) is 9.16. The predicted molar refractivity (Wildman–Crippen MR) is 77.3 cm³/mol. The summed E-state index contributed by atoms with van der Waals surface area (Å²) in [7, 11) is 2.16. The van der Waals surface area contributed by atoms with Crippen molar-refractivity contribution in [3.8, 4) is 5.75 Å². The van der Waals surface area contributed by atoms with Crippen molar-refractivity contribution >= 4 is 0 Å². The number of rotatable bonds is 3. The molecule has 1 saturated heterocycles. The summed E-state index contributed by atoms with van der Waals surface area (Å²) in [5.74, 6) is 0.979. The van der Waals surface area contributed by atoms with Crippen LogP contribution in [0.5, 0.6) is 5.75 Å². The highest BCUT2D eigenvalue weighted by Gasteiger charge is 2.34. The Morgan fingerprint density at radius 2 is 1.95 bits per heavy atom. The second-order valence-electron chi connectivity index (χ2n) is 6.18. The lowest BCUT2D eigenvalue weighted by atomic mass is 9.73. The van der Waals surface area contributed by atoms with Gasteiger partial charge in [-0.15, -0.1) is 0 Å². The van der Waals surface area contributed by atoms with Crippen LogP contribution < -0.4 is 10.5 Å². The number of nitrogens with zero attached hydrogens (tertiary/aromatic N) is 1. The van der Waals surface area contributed by atoms with E-state index in [2.05, 4.69) is 36.2 Å². The summed E-state index contributed by atoms with van der Waals surface area (Å²) < 4.78 is 6.06. The van der Waals surface area contributed by atoms with E-state index in [-0.39, 0.29) is 5.54 Å². The van der Waals surface area contributed by atoms with Gasteiger partial charge in [0.1, 0.15) is 11.9 Å². The molecule has 3 rings (SSSR count). The lowest BCUT2D eigenvalue weighted by Crippen LogP contribution is -2.43. The quantitative estimate of drug-likeness (QED) is 0.907. The lowest BCUT2D eigenvalue weighted by Gasteiger charge is -2.38. The van der Waals surface area contributed by atoms with E-state index in [9.17, 15) is 0 Å². The standard InChI is InChI=1S/C16H24N2O/c1-18-11-2-4-15(12-18)19-14-7-5-13(6-8-14)16(17)9-3-10-16/h5-8,15H,2-4,9-12,17H2,1H3. The van der Waals surface area contributed by atoms with Crippen molar-refractivity contribution in [1.29, 1.82) is 0 Å². The predicted octanol–water partition coefficient (Wildman–Crippen LogP) is 2.50. The van der Waals surface area contributed by atoms with Crippen LogP contribution in [0.3, 0.4) is 0 Å². The fraction of sp³-hybridized carbons (Fsp3) is 0.625. The van der Waals surface area contributed by atoms with Gasteiger partial charge in [-0.1, -0.05) is 12.1 Å². The van der Waals surface area contributed by atoms with Gasteiger partial charge >= 0.3 is 0 Å². The third-order valence-electron chi connectivity index (χ3n) is 4.56. The van der Waals surface area contributed by atoms with Crippen LogP contribution in [0.1, 0.15) is 37.7 Å². The first-order valence-corrected chi connectivity index (χ1v) is 7.40. The molecule has 0 radical (unpaired) electrons. The molecule has 104 valence electrons. The second kappa shape index (κ2) is 5.14. The third-order valence-corrected chi connectivity index (χ3v) is 4.56. The van der Waals surface area contributed by atoms with Crippen LogP contribution in [0.15, 0.2) is 24.3 Å². The molecule has 19 heavy (non-hydrogen) atoms. The molecule has 1 aromatic rings. The fourth-order valence-electron chi connectivity index (χ4n) is 3.12. The molecule has 0 bridgehead atoms. The molecule has 2 aliphatic rings. The number of hydrogen-bond donors (Lipinski definition) is 1. The summed E-state index contributed by atoms with van der Waals surface area (Å²) >= 11 is 0. The molecule has 1 unspecified atom stereocenters. The van der Waals surface area contributed by atoms with E-state index in [1.807, 2.05) is 0 Å². The summed E-state index contributed by atoms with van der Waals surface area (Å²) in [5.41, 5.74) is 7.52. The maximum atomic E-state index is 6.33. The third kappa shape index (κ3) is 2.77. The summed E-state index contributed by atoms with van der Waals surface area (Å²) in [6, 6.07) is 8.44. The van der Waals surface area contributed by atoms with Gasteiger partial charge in [-0.25, -0.2) is 0 Å². The number of likely N-dealkylation sites (N-methyl/N-ethyl adjacent to an activating group) is 1. The highest BCUT2D eigenvalue weighted by atomic mass is 16.5. The Hall–Kier alpha value is -1.06. The highest BCUT2D eigenvalue weighted by Crippen LogP contribution is 2.39. The SMILES string of the molecule is CN1CCCC(Oc2ccc(C3(N)CCC3)cc2)C1. The molecule has 0 aromatic heterocycles. The maximum Gasteiger partial charge on any atom is 0.119 e. The molecule has 1 atom stereocenters. The molecule has 1 heterocycles. The molecule has 1 saturated carbocycles. The zero-order valence-corrected chi connectivity index (χ0v) is 11.8. The molecule has 3 heteroatoms. The average Bonchev–Trinajstić information content (AvgIpc) is 2.37. The van der Waals surface area contributed by atoms with E-state index in [1.54, 1.807) is 0 Å². The van der Waals surface area contributed by atoms with E-state index >= 15 is 0 Å². The Morgan fingerprint density at radius 1 is 1.21 bits per heavy atom. The lowest BCUT2D eigenvalue weighted by molar-refractivity contribution is 0.104. The molecule has 1 aliphatic heterocycles. The van der Waals surface area contributed by atoms with Crippen molar-refractivity contribution in [1.82, 2.24) is 4.90 Å². The van der Waals surface area contributed by atoms with E-state index in [4.69, 9.17) is 10.5 Å². The van der Waals surface area contributed by atoms with Gasteiger partial charge in [0.05, 0.1) is 0 Å². The van der Waals surface area contributed by atoms with Crippen molar-refractivity contribution in [2.75, 3.05) is 20.1 Å². The molecular weight excluding hydrogens is 236 g/mol. The number of hydrogen-bond acceptors (Lipinski definition) is 3. The van der Waals surface area contributed by atoms with Crippen molar-refractivity contribution in [2.45, 2.75) is 43.7 Å². The number of ether oxygens (including phenoxy) is 1. The number of piperidine rings is 1. The minimum atomic E-state index is -0.0659. The Bertz CT molecular complexity index is 425. The smallest absolute Gasteiger partial charge is 0.119 e. The van der Waals surface area contributed by atoms with Gasteiger partial charge in [0.25, 0.3) is 0 Å². The van der Waals surface area contributed by atoms with Crippen LogP contribution in [0, 0.1) is 0 Å². The van der Waals surface area contributed by atoms with Crippen LogP contribution in [0.4, 0.5) is 0 Å². The van der Waals surface area contributed by atoms with Crippen molar-refractivity contribution < 1.29 is 4.74 Å². The number of nitrogens with two attached hydrogens (primary N) is 1. The molecule has 2 fully saturated rings. The maximum absolute atomic E-state index is 6.33. The van der Waals surface area contributed by atoms with Crippen molar-refractivity contribution in [3.63, 3.8) is 0 Å². The van der Waals surface area contributed by atoms with Gasteiger partial charge in [0.15, 0.2) is 0 Å². The van der Waals surface area contributed by atoms with Crippen LogP contribution in [0.2, 0.25) is 0 Å². The molecule has 0 amide bonds. The first-order valence-electron chi connectivity index (χ1n) is 7.40. The second-order valence-corrected chi connectivity index (χ2v) is 6.18. The Balaban J connectivity index is 1.62. The molecule has 3 nitrogen and oxygen atoms in total. The zero-order valence-electron chi connectivity index (χ0n) is 11.8. The fourth-order valence-corrected chi connectivity index (χ4v) is 3.12. The molecule has 0 spiro atoms. The summed E-state index contributed by atoms with van der Waals surface area (Å²) in [4.78, 5) is 2.34. The van der Waals surface area contributed by atoms with Crippen LogP contribution in [-0.2, 0) is 5.54 Å². The van der Waals surface area contributed by atoms with Crippen LogP contribution in [-0.4, -0.2) is 31.1 Å². The van der Waals surface area contributed by atoms with E-state index in [0.717, 1.165) is 31.6 Å². The normalized spacial score (nSPS) is 26.7. The van der Waals surface area contributed by atoms with Crippen molar-refractivity contribution in [3.05, 3.63) is 29.8 Å². The molecule has 1 aliphatic carbocycles. The Morgan fingerprint density at radius 3 is 2.53 bits per heavy atom. The van der Waals surface area contributed by atoms with Crippen LogP contribution >= 0.6 is 0 Å². The van der Waals surface area contributed by atoms with E-state index in [0.29, 0.717) is 6.10 Å². The molecule has 2 N–H and O–H groups in total. The monoisotopic (exact) mass is 260 g/mol. The van der Waals surface area contributed by atoms with Gasteiger partial charge in [0.2, 0.25) is 0 Å². The summed E-state index contributed by atoms with van der Waals surface area (Å²) in [5, 5.41) is 0. The minimum absolute atomic E-state index is 0.0659. The topological polar surface area (TPSA) is 38.5 Å². The van der Waals surface area contributed by atoms with E-state index < -0.39 is 0 Å². The van der Waals surface area contributed by atoms with E-state index in [1.165, 1.54) is 24.9 Å². The zero-order chi connectivity index (χ0) is 13.3. The Kier molecular flexibility index (Phi) is 3.50. The first kappa shape index (κ1) is 12.9. The van der Waals surface area contributed by atoms with Gasteiger partial charge in [-0.05, 0) is 63.4 Å². The van der Waals surface area contributed by atoms with Gasteiger partial charge in [-0.2, -0.15) is 0 Å². The van der Waals surface area contributed by atoms with Gasteiger partial charge in [0, 0.05) is 12.1 Å². The Labute approximate surface area is 115 Å². The van der Waals surface area contributed by atoms with Crippen molar-refractivity contribution in [2.24, 2.45) is 5.73 Å². The average molecular weight is 260 g/mol. The molecular formula is C16H24N2O. The minimum Gasteiger partial charge on any atom is -0.489 e. The molecule has 1 aromatic carbocycles. The summed E-state index contributed by atoms with van der Waals surface area (Å²) in [6.45, 7) is 2.22. The number of likely N-dealkylation sites (tertiary alicyclic amines) is 1. The van der Waals surface area contributed by atoms with Crippen LogP contribution in [0.25, 0.3) is 0 Å². The number of benzene rings is 1. The van der Waals surface area contributed by atoms with Gasteiger partial charge in [-0.3, -0.25) is 0 Å². The largest absolute Gasteiger partial charge is 0.489 e. The van der Waals surface area contributed by atoms with Gasteiger partial charge < -0.3 is 15.4 Å².